The van der Waals surface area contributed by atoms with Crippen LogP contribution in [0.4, 0.5) is 0 Å². The highest BCUT2D eigenvalue weighted by Gasteiger charge is 2.29. The van der Waals surface area contributed by atoms with Crippen LogP contribution in [0.3, 0.4) is 0 Å². The Hall–Kier alpha value is -2.08. The molecule has 1 aliphatic carbocycles. The summed E-state index contributed by atoms with van der Waals surface area (Å²) in [6, 6.07) is 6.77. The quantitative estimate of drug-likeness (QED) is 0.649. The van der Waals surface area contributed by atoms with Crippen LogP contribution in [0.2, 0.25) is 5.02 Å². The summed E-state index contributed by atoms with van der Waals surface area (Å²) in [4.78, 5) is 36.4. The van der Waals surface area contributed by atoms with Crippen LogP contribution in [0.15, 0.2) is 24.3 Å². The summed E-state index contributed by atoms with van der Waals surface area (Å²) < 4.78 is 0. The van der Waals surface area contributed by atoms with E-state index in [9.17, 15) is 14.4 Å². The highest BCUT2D eigenvalue weighted by Crippen LogP contribution is 2.25. The first-order chi connectivity index (χ1) is 13.2. The minimum Gasteiger partial charge on any atom is -0.354 e. The van der Waals surface area contributed by atoms with Crippen LogP contribution < -0.4 is 16.0 Å². The van der Waals surface area contributed by atoms with Crippen molar-refractivity contribution >= 4 is 29.3 Å². The molecular formula is C21H30ClN3O3. The van der Waals surface area contributed by atoms with Crippen molar-refractivity contribution in [2.24, 2.45) is 5.92 Å². The summed E-state index contributed by atoms with van der Waals surface area (Å²) >= 11 is 5.93. The van der Waals surface area contributed by atoms with E-state index in [0.717, 1.165) is 24.8 Å². The lowest BCUT2D eigenvalue weighted by molar-refractivity contribution is -0.128. The van der Waals surface area contributed by atoms with Crippen LogP contribution in [0.5, 0.6) is 0 Å². The molecule has 0 radical (unpaired) electrons. The van der Waals surface area contributed by atoms with Gasteiger partial charge in [-0.05, 0) is 50.8 Å². The molecular weight excluding hydrogens is 378 g/mol. The molecule has 28 heavy (non-hydrogen) atoms. The second-order valence-electron chi connectivity index (χ2n) is 7.80. The van der Waals surface area contributed by atoms with E-state index >= 15 is 0 Å². The Bertz CT molecular complexity index is 691. The number of hydrogen-bond acceptors (Lipinski definition) is 3. The van der Waals surface area contributed by atoms with Gasteiger partial charge < -0.3 is 16.0 Å². The van der Waals surface area contributed by atoms with E-state index in [2.05, 4.69) is 16.0 Å². The number of halogens is 1. The van der Waals surface area contributed by atoms with E-state index < -0.39 is 6.04 Å². The van der Waals surface area contributed by atoms with Gasteiger partial charge in [-0.1, -0.05) is 30.2 Å². The van der Waals surface area contributed by atoms with Crippen LogP contribution in [0.1, 0.15) is 64.5 Å². The Morgan fingerprint density at radius 1 is 1.11 bits per heavy atom. The molecule has 0 bridgehead atoms. The summed E-state index contributed by atoms with van der Waals surface area (Å²) in [5, 5.41) is 9.43. The third kappa shape index (κ3) is 7.15. The van der Waals surface area contributed by atoms with E-state index in [0.29, 0.717) is 11.4 Å². The van der Waals surface area contributed by atoms with Crippen molar-refractivity contribution in [2.45, 2.75) is 71.0 Å². The largest absolute Gasteiger partial charge is 0.354 e. The monoisotopic (exact) mass is 407 g/mol. The summed E-state index contributed by atoms with van der Waals surface area (Å²) in [6.07, 6.45) is 3.41. The predicted molar refractivity (Wildman–Crippen MR) is 110 cm³/mol. The van der Waals surface area contributed by atoms with Crippen molar-refractivity contribution in [3.05, 3.63) is 34.9 Å². The number of carbonyl (C=O) groups excluding carboxylic acids is 3. The summed E-state index contributed by atoms with van der Waals surface area (Å²) in [5.41, 5.74) is 0.826. The zero-order chi connectivity index (χ0) is 20.7. The molecule has 0 spiro atoms. The van der Waals surface area contributed by atoms with Crippen molar-refractivity contribution < 1.29 is 14.4 Å². The first-order valence-electron chi connectivity index (χ1n) is 9.87. The lowest BCUT2D eigenvalue weighted by Gasteiger charge is -2.30. The fourth-order valence-electron chi connectivity index (χ4n) is 3.63. The van der Waals surface area contributed by atoms with Gasteiger partial charge in [-0.15, -0.1) is 0 Å². The first-order valence-corrected chi connectivity index (χ1v) is 10.2. The molecule has 1 fully saturated rings. The van der Waals surface area contributed by atoms with E-state index in [1.54, 1.807) is 12.1 Å². The average molecular weight is 408 g/mol. The van der Waals surface area contributed by atoms with Gasteiger partial charge in [0, 0.05) is 29.9 Å². The van der Waals surface area contributed by atoms with Gasteiger partial charge in [0.25, 0.3) is 0 Å². The van der Waals surface area contributed by atoms with Gasteiger partial charge in [0.05, 0.1) is 12.5 Å². The number of rotatable bonds is 7. The highest BCUT2D eigenvalue weighted by atomic mass is 35.5. The number of amides is 3. The number of carbonyl (C=O) groups is 3. The maximum atomic E-state index is 12.6. The second kappa shape index (κ2) is 10.5. The van der Waals surface area contributed by atoms with Crippen LogP contribution in [0, 0.1) is 5.92 Å². The van der Waals surface area contributed by atoms with Crippen LogP contribution in [-0.4, -0.2) is 29.8 Å². The summed E-state index contributed by atoms with van der Waals surface area (Å²) in [7, 11) is 0. The number of nitrogens with one attached hydrogen (secondary N) is 3. The molecule has 3 amide bonds. The molecule has 3 unspecified atom stereocenters. The normalized spacial score (nSPS) is 20.3. The molecule has 3 N–H and O–H groups in total. The molecule has 1 aromatic carbocycles. The molecule has 154 valence electrons. The molecule has 3 atom stereocenters. The van der Waals surface area contributed by atoms with Gasteiger partial charge in [0.2, 0.25) is 17.7 Å². The van der Waals surface area contributed by atoms with E-state index in [4.69, 9.17) is 11.6 Å². The van der Waals surface area contributed by atoms with Crippen LogP contribution >= 0.6 is 11.6 Å². The molecule has 0 aliphatic heterocycles. The van der Waals surface area contributed by atoms with E-state index in [-0.39, 0.29) is 42.1 Å². The number of hydrogen-bond donors (Lipinski definition) is 3. The van der Waals surface area contributed by atoms with Gasteiger partial charge in [-0.25, -0.2) is 0 Å². The van der Waals surface area contributed by atoms with Gasteiger partial charge in [-0.3, -0.25) is 14.4 Å². The van der Waals surface area contributed by atoms with Crippen molar-refractivity contribution in [2.75, 3.05) is 0 Å². The predicted octanol–water partition coefficient (Wildman–Crippen LogP) is 3.11. The standard InChI is InChI=1S/C21H30ClN3O3/c1-13(2)23-21(28)16-5-4-6-18(11-16)25-20(27)12-19(24-14(3)26)15-7-9-17(22)10-8-15/h7-10,13,16,18-19H,4-6,11-12H2,1-3H3,(H,23,28)(H,24,26)(H,25,27). The number of benzene rings is 1. The Morgan fingerprint density at radius 2 is 1.79 bits per heavy atom. The van der Waals surface area contributed by atoms with Gasteiger partial charge in [0.1, 0.15) is 0 Å². The molecule has 1 saturated carbocycles. The molecule has 0 saturated heterocycles. The van der Waals surface area contributed by atoms with Crippen molar-refractivity contribution in [3.8, 4) is 0 Å². The Labute approximate surface area is 171 Å². The minimum absolute atomic E-state index is 0.0210. The second-order valence-corrected chi connectivity index (χ2v) is 8.24. The van der Waals surface area contributed by atoms with E-state index in [1.807, 2.05) is 26.0 Å². The lowest BCUT2D eigenvalue weighted by Crippen LogP contribution is -2.44. The van der Waals surface area contributed by atoms with Crippen molar-refractivity contribution in [1.82, 2.24) is 16.0 Å². The molecule has 2 rings (SSSR count). The zero-order valence-corrected chi connectivity index (χ0v) is 17.5. The Kier molecular flexibility index (Phi) is 8.30. The van der Waals surface area contributed by atoms with E-state index in [1.165, 1.54) is 6.92 Å². The minimum atomic E-state index is -0.418. The lowest BCUT2D eigenvalue weighted by atomic mass is 9.85. The SMILES string of the molecule is CC(=O)NC(CC(=O)NC1CCCC(C(=O)NC(C)C)C1)c1ccc(Cl)cc1. The van der Waals surface area contributed by atoms with Gasteiger partial charge in [-0.2, -0.15) is 0 Å². The topological polar surface area (TPSA) is 87.3 Å². The molecule has 0 aromatic heterocycles. The zero-order valence-electron chi connectivity index (χ0n) is 16.8. The maximum Gasteiger partial charge on any atom is 0.223 e. The van der Waals surface area contributed by atoms with Gasteiger partial charge in [0.15, 0.2) is 0 Å². The molecule has 1 aliphatic rings. The third-order valence-electron chi connectivity index (χ3n) is 4.88. The Morgan fingerprint density at radius 3 is 2.39 bits per heavy atom. The molecule has 7 heteroatoms. The third-order valence-corrected chi connectivity index (χ3v) is 5.13. The van der Waals surface area contributed by atoms with Crippen molar-refractivity contribution in [1.29, 1.82) is 0 Å². The summed E-state index contributed by atoms with van der Waals surface area (Å²) in [6.45, 7) is 5.32. The highest BCUT2D eigenvalue weighted by molar-refractivity contribution is 6.30. The first kappa shape index (κ1) is 22.2. The molecule has 6 nitrogen and oxygen atoms in total. The fourth-order valence-corrected chi connectivity index (χ4v) is 3.75. The van der Waals surface area contributed by atoms with Crippen LogP contribution in [0.25, 0.3) is 0 Å². The van der Waals surface area contributed by atoms with Gasteiger partial charge >= 0.3 is 0 Å². The molecule has 0 heterocycles. The molecule has 1 aromatic rings. The smallest absolute Gasteiger partial charge is 0.223 e. The fraction of sp³-hybridized carbons (Fsp3) is 0.571. The summed E-state index contributed by atoms with van der Waals surface area (Å²) in [5.74, 6) is -0.338. The maximum absolute atomic E-state index is 12.6. The van der Waals surface area contributed by atoms with Crippen molar-refractivity contribution in [3.63, 3.8) is 0 Å². The average Bonchev–Trinajstić information content (AvgIpc) is 2.61. The van der Waals surface area contributed by atoms with Crippen LogP contribution in [-0.2, 0) is 14.4 Å². The Balaban J connectivity index is 1.95.